The van der Waals surface area contributed by atoms with Gasteiger partial charge in [-0.1, -0.05) is 44.2 Å². The fraction of sp³-hybridized carbons (Fsp3) is 0.677. The summed E-state index contributed by atoms with van der Waals surface area (Å²) in [7, 11) is 1.35. The number of likely N-dealkylation sites (tertiary alicyclic amines) is 1. The molecule has 8 N–H and O–H groups in total. The normalized spacial score (nSPS) is 19.4. The number of methoxy groups -OCH3 is 1. The van der Waals surface area contributed by atoms with E-state index >= 15 is 0 Å². The van der Waals surface area contributed by atoms with Crippen LogP contribution in [0.1, 0.15) is 70.8 Å². The van der Waals surface area contributed by atoms with Gasteiger partial charge in [-0.15, -0.1) is 0 Å². The van der Waals surface area contributed by atoms with Crippen LogP contribution in [0.5, 0.6) is 0 Å². The molecule has 234 valence electrons. The number of nitrogens with two attached hydrogens (primary N) is 3. The van der Waals surface area contributed by atoms with E-state index in [-0.39, 0.29) is 17.2 Å². The lowest BCUT2D eigenvalue weighted by Gasteiger charge is -2.56. The maximum atomic E-state index is 13.7. The van der Waals surface area contributed by atoms with Crippen LogP contribution in [0.15, 0.2) is 30.3 Å². The summed E-state index contributed by atoms with van der Waals surface area (Å²) >= 11 is 0. The fourth-order valence-corrected chi connectivity index (χ4v) is 6.37. The number of carbonyl (C=O) groups is 4. The molecule has 0 bridgehead atoms. The summed E-state index contributed by atoms with van der Waals surface area (Å²) in [6.07, 6.45) is 5.21. The molecule has 3 atom stereocenters. The summed E-state index contributed by atoms with van der Waals surface area (Å²) in [6.45, 7) is 5.49. The number of hydrogen-bond acceptors (Lipinski definition) is 8. The minimum absolute atomic E-state index is 0.0663. The Kier molecular flexibility index (Phi) is 11.9. The van der Waals surface area contributed by atoms with Crippen LogP contribution in [0, 0.1) is 11.3 Å². The third kappa shape index (κ3) is 8.75. The Labute approximate surface area is 249 Å². The first-order chi connectivity index (χ1) is 19.9. The van der Waals surface area contributed by atoms with Crippen molar-refractivity contribution in [2.45, 2.75) is 95.3 Å². The molecular formula is C31H50N6O5. The maximum Gasteiger partial charge on any atom is 0.325 e. The number of amides is 3. The highest BCUT2D eigenvalue weighted by Gasteiger charge is 2.58. The van der Waals surface area contributed by atoms with Crippen molar-refractivity contribution in [3.8, 4) is 0 Å². The Balaban J connectivity index is 1.62. The highest BCUT2D eigenvalue weighted by molar-refractivity contribution is 5.93. The second-order valence-corrected chi connectivity index (χ2v) is 12.7. The SMILES string of the molecule is COC(=O)C1(N)CC2(CCN(C(=O)[C@@H](CCCCN)NC(=O)[C@@H](CC(C)C)NC(=O)[C@H](N)Cc3ccccc3)CC2)C1. The molecule has 1 aromatic carbocycles. The average molecular weight is 587 g/mol. The average Bonchev–Trinajstić information content (AvgIpc) is 2.95. The van der Waals surface area contributed by atoms with Crippen LogP contribution in [0.4, 0.5) is 0 Å². The molecule has 0 unspecified atom stereocenters. The van der Waals surface area contributed by atoms with E-state index < -0.39 is 41.4 Å². The van der Waals surface area contributed by atoms with Gasteiger partial charge in [-0.25, -0.2) is 0 Å². The summed E-state index contributed by atoms with van der Waals surface area (Å²) in [6, 6.07) is 7.12. The lowest BCUT2D eigenvalue weighted by Crippen LogP contribution is -2.66. The molecule has 2 aliphatic rings. The number of unbranched alkanes of at least 4 members (excludes halogenated alkanes) is 1. The number of piperidine rings is 1. The monoisotopic (exact) mass is 586 g/mol. The lowest BCUT2D eigenvalue weighted by atomic mass is 9.54. The van der Waals surface area contributed by atoms with Gasteiger partial charge in [0.2, 0.25) is 17.7 Å². The number of esters is 1. The van der Waals surface area contributed by atoms with Crippen molar-refractivity contribution in [2.24, 2.45) is 28.5 Å². The lowest BCUT2D eigenvalue weighted by molar-refractivity contribution is -0.161. The number of nitrogens with zero attached hydrogens (tertiary/aromatic N) is 1. The molecule has 3 amide bonds. The number of ether oxygens (including phenoxy) is 1. The van der Waals surface area contributed by atoms with Gasteiger partial charge in [0.05, 0.1) is 13.2 Å². The summed E-state index contributed by atoms with van der Waals surface area (Å²) in [5.74, 6) is -1.21. The first-order valence-corrected chi connectivity index (χ1v) is 15.2. The molecule has 11 nitrogen and oxygen atoms in total. The summed E-state index contributed by atoms with van der Waals surface area (Å²) < 4.78 is 4.86. The quantitative estimate of drug-likeness (QED) is 0.158. The third-order valence-corrected chi connectivity index (χ3v) is 8.65. The maximum absolute atomic E-state index is 13.7. The van der Waals surface area contributed by atoms with Gasteiger partial charge in [-0.3, -0.25) is 19.2 Å². The minimum Gasteiger partial charge on any atom is -0.468 e. The summed E-state index contributed by atoms with van der Waals surface area (Å²) in [5, 5.41) is 5.79. The van der Waals surface area contributed by atoms with Crippen molar-refractivity contribution in [2.75, 3.05) is 26.7 Å². The van der Waals surface area contributed by atoms with Crippen LogP contribution in [0.3, 0.4) is 0 Å². The molecule has 1 spiro atoms. The number of rotatable bonds is 14. The van der Waals surface area contributed by atoms with Gasteiger partial charge >= 0.3 is 5.97 Å². The van der Waals surface area contributed by atoms with Gasteiger partial charge in [0.15, 0.2) is 0 Å². The van der Waals surface area contributed by atoms with Crippen LogP contribution >= 0.6 is 0 Å². The molecule has 42 heavy (non-hydrogen) atoms. The third-order valence-electron chi connectivity index (χ3n) is 8.65. The molecule has 2 fully saturated rings. The van der Waals surface area contributed by atoms with Crippen molar-refractivity contribution in [1.82, 2.24) is 15.5 Å². The molecular weight excluding hydrogens is 536 g/mol. The van der Waals surface area contributed by atoms with Crippen LogP contribution in [0.2, 0.25) is 0 Å². The van der Waals surface area contributed by atoms with E-state index in [9.17, 15) is 19.2 Å². The van der Waals surface area contributed by atoms with E-state index in [4.69, 9.17) is 21.9 Å². The van der Waals surface area contributed by atoms with E-state index in [1.165, 1.54) is 7.11 Å². The standard InChI is InChI=1S/C31H50N6O5/c1-21(2)17-25(36-26(38)23(33)18-22-9-5-4-6-10-22)27(39)35-24(11-7-8-14-32)28(40)37-15-12-30(13-16-37)19-31(34,20-30)29(41)42-3/h4-6,9-10,21,23-25H,7-8,11-20,32-34H2,1-3H3,(H,35,39)(H,36,38)/t23-,24-,25-/m1/s1. The molecule has 1 aliphatic carbocycles. The predicted octanol–water partition coefficient (Wildman–Crippen LogP) is 0.974. The van der Waals surface area contributed by atoms with E-state index in [0.717, 1.165) is 24.8 Å². The molecule has 0 aromatic heterocycles. The van der Waals surface area contributed by atoms with Crippen LogP contribution in [0.25, 0.3) is 0 Å². The Morgan fingerprint density at radius 3 is 2.17 bits per heavy atom. The molecule has 1 saturated carbocycles. The van der Waals surface area contributed by atoms with Gasteiger partial charge < -0.3 is 37.5 Å². The fourth-order valence-electron chi connectivity index (χ4n) is 6.37. The number of carbonyl (C=O) groups excluding carboxylic acids is 4. The van der Waals surface area contributed by atoms with Crippen molar-refractivity contribution < 1.29 is 23.9 Å². The zero-order valence-electron chi connectivity index (χ0n) is 25.4. The molecule has 1 saturated heterocycles. The van der Waals surface area contributed by atoms with Gasteiger partial charge in [0, 0.05) is 13.1 Å². The summed E-state index contributed by atoms with van der Waals surface area (Å²) in [5.41, 5.74) is 18.0. The van der Waals surface area contributed by atoms with Gasteiger partial charge in [-0.2, -0.15) is 0 Å². The van der Waals surface area contributed by atoms with Crippen LogP contribution in [-0.4, -0.2) is 79.0 Å². The molecule has 1 aromatic rings. The zero-order valence-corrected chi connectivity index (χ0v) is 25.4. The Bertz CT molecular complexity index is 1060. The first-order valence-electron chi connectivity index (χ1n) is 15.2. The Morgan fingerprint density at radius 1 is 0.976 bits per heavy atom. The van der Waals surface area contributed by atoms with E-state index in [0.29, 0.717) is 58.2 Å². The second-order valence-electron chi connectivity index (χ2n) is 12.7. The van der Waals surface area contributed by atoms with E-state index in [2.05, 4.69) is 10.6 Å². The molecule has 0 radical (unpaired) electrons. The smallest absolute Gasteiger partial charge is 0.325 e. The number of benzene rings is 1. The van der Waals surface area contributed by atoms with Crippen LogP contribution in [-0.2, 0) is 30.3 Å². The number of hydrogen-bond donors (Lipinski definition) is 5. The number of nitrogens with one attached hydrogen (secondary N) is 2. The predicted molar refractivity (Wildman–Crippen MR) is 161 cm³/mol. The summed E-state index contributed by atoms with van der Waals surface area (Å²) in [4.78, 5) is 54.0. The zero-order chi connectivity index (χ0) is 30.9. The van der Waals surface area contributed by atoms with Crippen LogP contribution < -0.4 is 27.8 Å². The highest BCUT2D eigenvalue weighted by atomic mass is 16.5. The van der Waals surface area contributed by atoms with Gasteiger partial charge in [-0.05, 0) is 81.2 Å². The van der Waals surface area contributed by atoms with E-state index in [1.807, 2.05) is 44.2 Å². The largest absolute Gasteiger partial charge is 0.468 e. The highest BCUT2D eigenvalue weighted by Crippen LogP contribution is 2.54. The molecule has 3 rings (SSSR count). The van der Waals surface area contributed by atoms with Crippen molar-refractivity contribution in [3.05, 3.63) is 35.9 Å². The van der Waals surface area contributed by atoms with Crippen molar-refractivity contribution >= 4 is 23.7 Å². The first kappa shape index (κ1) is 33.5. The molecule has 1 heterocycles. The topological polar surface area (TPSA) is 183 Å². The molecule has 1 aliphatic heterocycles. The van der Waals surface area contributed by atoms with Crippen molar-refractivity contribution in [3.63, 3.8) is 0 Å². The van der Waals surface area contributed by atoms with E-state index in [1.54, 1.807) is 4.90 Å². The van der Waals surface area contributed by atoms with Crippen molar-refractivity contribution in [1.29, 1.82) is 0 Å². The van der Waals surface area contributed by atoms with Gasteiger partial charge in [0.25, 0.3) is 0 Å². The van der Waals surface area contributed by atoms with Gasteiger partial charge in [0.1, 0.15) is 17.6 Å². The molecule has 11 heteroatoms. The Hall–Kier alpha value is -3.02. The second kappa shape index (κ2) is 14.9. The Morgan fingerprint density at radius 2 is 1.60 bits per heavy atom. The minimum atomic E-state index is -0.945.